The monoisotopic (exact) mass is 513 g/mol. The number of carbonyl (C=O) groups excluding carboxylic acids is 1. The number of halogens is 3. The zero-order chi connectivity index (χ0) is 25.8. The van der Waals surface area contributed by atoms with Gasteiger partial charge in [0.15, 0.2) is 0 Å². The molecule has 1 saturated heterocycles. The van der Waals surface area contributed by atoms with Crippen molar-refractivity contribution in [3.05, 3.63) is 23.4 Å². The molecule has 0 radical (unpaired) electrons. The smallest absolute Gasteiger partial charge is 0.403 e. The summed E-state index contributed by atoms with van der Waals surface area (Å²) in [5.41, 5.74) is -0.294. The number of hydrogen-bond acceptors (Lipinski definition) is 6. The molecule has 3 N–H and O–H groups in total. The maximum atomic E-state index is 13.7. The van der Waals surface area contributed by atoms with E-state index in [0.717, 1.165) is 56.6 Å². The first-order valence-corrected chi connectivity index (χ1v) is 12.7. The number of amides is 1. The fraction of sp³-hybridized carbons (Fsp3) is 0.720. The number of carbonyl (C=O) groups is 2. The minimum absolute atomic E-state index is 0.00434. The molecule has 1 aliphatic carbocycles. The molecular formula is C25H34F3N3O5. The van der Waals surface area contributed by atoms with Crippen molar-refractivity contribution < 1.29 is 37.3 Å². The minimum atomic E-state index is -4.79. The van der Waals surface area contributed by atoms with Crippen molar-refractivity contribution in [2.24, 2.45) is 11.3 Å². The normalized spacial score (nSPS) is 24.1. The number of alkyl halides is 3. The highest BCUT2D eigenvalue weighted by atomic mass is 19.4. The van der Waals surface area contributed by atoms with E-state index >= 15 is 0 Å². The average molecular weight is 514 g/mol. The van der Waals surface area contributed by atoms with Gasteiger partial charge >= 0.3 is 12.1 Å². The fourth-order valence-corrected chi connectivity index (χ4v) is 5.17. The number of carboxylic acid groups (broad SMARTS) is 1. The molecule has 0 bridgehead atoms. The quantitative estimate of drug-likeness (QED) is 0.439. The second kappa shape index (κ2) is 11.3. The number of aliphatic carboxylic acids is 1. The Kier molecular flexibility index (Phi) is 8.39. The van der Waals surface area contributed by atoms with Crippen LogP contribution in [-0.4, -0.2) is 66.7 Å². The van der Waals surface area contributed by atoms with Crippen LogP contribution in [0.15, 0.2) is 12.1 Å². The van der Waals surface area contributed by atoms with Gasteiger partial charge in [0.05, 0.1) is 6.10 Å². The van der Waals surface area contributed by atoms with Crippen LogP contribution in [0.25, 0.3) is 0 Å². The molecule has 3 heterocycles. The number of anilines is 1. The molecule has 1 aromatic heterocycles. The maximum Gasteiger partial charge on any atom is 0.403 e. The highest BCUT2D eigenvalue weighted by Gasteiger charge is 2.60. The molecule has 0 spiro atoms. The molecule has 36 heavy (non-hydrogen) atoms. The van der Waals surface area contributed by atoms with Crippen molar-refractivity contribution in [3.8, 4) is 0 Å². The lowest BCUT2D eigenvalue weighted by atomic mass is 9.78. The molecule has 0 aromatic carbocycles. The lowest BCUT2D eigenvalue weighted by Crippen LogP contribution is -2.57. The van der Waals surface area contributed by atoms with Gasteiger partial charge in [-0.2, -0.15) is 13.2 Å². The Morgan fingerprint density at radius 1 is 1.28 bits per heavy atom. The summed E-state index contributed by atoms with van der Waals surface area (Å²) in [6.07, 6.45) is -0.176. The van der Waals surface area contributed by atoms with Crippen LogP contribution in [0.1, 0.15) is 56.2 Å². The summed E-state index contributed by atoms with van der Waals surface area (Å²) in [6.45, 7) is 0.608. The van der Waals surface area contributed by atoms with E-state index in [9.17, 15) is 27.9 Å². The van der Waals surface area contributed by atoms with Gasteiger partial charge in [0.2, 0.25) is 5.91 Å². The number of aryl methyl sites for hydroxylation is 2. The first kappa shape index (κ1) is 26.7. The lowest BCUT2D eigenvalue weighted by molar-refractivity contribution is -0.240. The van der Waals surface area contributed by atoms with Gasteiger partial charge in [0.25, 0.3) is 0 Å². The number of ether oxygens (including phenoxy) is 2. The molecule has 0 unspecified atom stereocenters. The van der Waals surface area contributed by atoms with Crippen molar-refractivity contribution >= 4 is 17.7 Å². The summed E-state index contributed by atoms with van der Waals surface area (Å²) in [4.78, 5) is 28.9. The molecule has 4 rings (SSSR count). The number of hydrogen-bond donors (Lipinski definition) is 3. The third-order valence-corrected chi connectivity index (χ3v) is 7.64. The maximum absolute atomic E-state index is 13.7. The third-order valence-electron chi connectivity index (χ3n) is 7.64. The Balaban J connectivity index is 1.18. The van der Waals surface area contributed by atoms with Crippen LogP contribution in [0.2, 0.25) is 0 Å². The van der Waals surface area contributed by atoms with Crippen LogP contribution in [0, 0.1) is 11.3 Å². The number of nitrogens with zero attached hydrogens (tertiary/aromatic N) is 1. The van der Waals surface area contributed by atoms with E-state index in [1.54, 1.807) is 0 Å². The summed E-state index contributed by atoms with van der Waals surface area (Å²) in [5, 5.41) is 14.9. The number of fused-ring (bicyclic) bond motifs is 1. The van der Waals surface area contributed by atoms with Gasteiger partial charge in [-0.1, -0.05) is 6.07 Å². The first-order valence-electron chi connectivity index (χ1n) is 12.7. The summed E-state index contributed by atoms with van der Waals surface area (Å²) in [5.74, 6) is -1.20. The van der Waals surface area contributed by atoms with Gasteiger partial charge in [0.1, 0.15) is 17.3 Å². The number of pyridine rings is 1. The molecule has 2 fully saturated rings. The van der Waals surface area contributed by atoms with Crippen molar-refractivity contribution in [1.29, 1.82) is 0 Å². The Labute approximate surface area is 208 Å². The highest BCUT2D eigenvalue weighted by molar-refractivity contribution is 5.88. The van der Waals surface area contributed by atoms with E-state index in [0.29, 0.717) is 5.92 Å². The van der Waals surface area contributed by atoms with E-state index in [1.807, 2.05) is 0 Å². The van der Waals surface area contributed by atoms with Crippen LogP contribution in [0.5, 0.6) is 0 Å². The van der Waals surface area contributed by atoms with Crippen LogP contribution in [-0.2, 0) is 31.9 Å². The van der Waals surface area contributed by atoms with E-state index in [-0.39, 0.29) is 32.3 Å². The molecule has 1 saturated carbocycles. The minimum Gasteiger partial charge on any atom is -0.480 e. The van der Waals surface area contributed by atoms with Crippen molar-refractivity contribution in [2.75, 3.05) is 31.7 Å². The molecule has 200 valence electrons. The molecular weight excluding hydrogens is 479 g/mol. The lowest BCUT2D eigenvalue weighted by Gasteiger charge is -2.38. The fourth-order valence-electron chi connectivity index (χ4n) is 5.17. The average Bonchev–Trinajstić information content (AvgIpc) is 2.83. The SMILES string of the molecule is O=C(O)[C@H](CCOC1CC(CCc2ccc3c(n2)NCCC3)C1)NC(=O)C1(C(F)(F)F)CCOCC1. The number of rotatable bonds is 10. The van der Waals surface area contributed by atoms with Gasteiger partial charge in [-0.05, 0) is 68.9 Å². The molecule has 1 amide bonds. The Morgan fingerprint density at radius 3 is 2.72 bits per heavy atom. The van der Waals surface area contributed by atoms with E-state index in [4.69, 9.17) is 14.5 Å². The zero-order valence-electron chi connectivity index (χ0n) is 20.2. The van der Waals surface area contributed by atoms with Gasteiger partial charge in [-0.25, -0.2) is 9.78 Å². The molecule has 1 aromatic rings. The zero-order valence-corrected chi connectivity index (χ0v) is 20.2. The van der Waals surface area contributed by atoms with Gasteiger partial charge in [-0.3, -0.25) is 4.79 Å². The van der Waals surface area contributed by atoms with Gasteiger partial charge in [-0.15, -0.1) is 0 Å². The summed E-state index contributed by atoms with van der Waals surface area (Å²) >= 11 is 0. The van der Waals surface area contributed by atoms with Crippen LogP contribution in [0.4, 0.5) is 19.0 Å². The largest absolute Gasteiger partial charge is 0.480 e. The summed E-state index contributed by atoms with van der Waals surface area (Å²) in [7, 11) is 0. The Bertz CT molecular complexity index is 930. The predicted molar refractivity (Wildman–Crippen MR) is 125 cm³/mol. The second-order valence-corrected chi connectivity index (χ2v) is 10.1. The number of nitrogens with one attached hydrogen (secondary N) is 2. The molecule has 1 atom stereocenters. The third kappa shape index (κ3) is 6.11. The van der Waals surface area contributed by atoms with Crippen molar-refractivity contribution in [3.63, 3.8) is 0 Å². The van der Waals surface area contributed by atoms with Gasteiger partial charge in [0, 0.05) is 38.5 Å². The van der Waals surface area contributed by atoms with Crippen LogP contribution in [0.3, 0.4) is 0 Å². The molecule has 11 heteroatoms. The van der Waals surface area contributed by atoms with Gasteiger partial charge < -0.3 is 25.2 Å². The molecule has 8 nitrogen and oxygen atoms in total. The predicted octanol–water partition coefficient (Wildman–Crippen LogP) is 3.49. The number of carboxylic acids is 1. The molecule has 2 aliphatic heterocycles. The second-order valence-electron chi connectivity index (χ2n) is 10.1. The van der Waals surface area contributed by atoms with E-state index < -0.39 is 42.4 Å². The summed E-state index contributed by atoms with van der Waals surface area (Å²) in [6, 6.07) is 2.79. The standard InChI is InChI=1S/C25H34F3N3O5/c26-25(27,28)24(8-12-35-13-9-24)23(34)31-20(22(32)33)7-11-36-19-14-16(15-19)3-5-18-6-4-17-2-1-10-29-21(17)30-18/h4,6,16,19-20H,1-3,5,7-15H2,(H,29,30)(H,31,34)(H,32,33)/t16?,19?,20-/m0/s1. The Morgan fingerprint density at radius 2 is 2.03 bits per heavy atom. The van der Waals surface area contributed by atoms with Crippen molar-refractivity contribution in [2.45, 2.75) is 76.1 Å². The van der Waals surface area contributed by atoms with E-state index in [2.05, 4.69) is 22.8 Å². The first-order chi connectivity index (χ1) is 17.2. The van der Waals surface area contributed by atoms with E-state index in [1.165, 1.54) is 5.56 Å². The van der Waals surface area contributed by atoms with Crippen molar-refractivity contribution in [1.82, 2.24) is 10.3 Å². The topological polar surface area (TPSA) is 110 Å². The highest BCUT2D eigenvalue weighted by Crippen LogP contribution is 2.46. The summed E-state index contributed by atoms with van der Waals surface area (Å²) < 4.78 is 51.8. The number of aromatic nitrogens is 1. The van der Waals surface area contributed by atoms with Crippen LogP contribution >= 0.6 is 0 Å². The van der Waals surface area contributed by atoms with Crippen LogP contribution < -0.4 is 10.6 Å². The molecule has 3 aliphatic rings. The Hall–Kier alpha value is -2.40.